The van der Waals surface area contributed by atoms with Gasteiger partial charge in [-0.1, -0.05) is 73.1 Å². The summed E-state index contributed by atoms with van der Waals surface area (Å²) in [4.78, 5) is 12.3. The second-order valence-corrected chi connectivity index (χ2v) is 10.2. The maximum absolute atomic E-state index is 13.3. The first kappa shape index (κ1) is 27.4. The number of aliphatic hydroxyl groups excluding tert-OH is 1. The van der Waals surface area contributed by atoms with Gasteiger partial charge in [-0.25, -0.2) is 4.39 Å². The third kappa shape index (κ3) is 8.75. The van der Waals surface area contributed by atoms with E-state index in [1.165, 1.54) is 29.0 Å². The number of ether oxygens (including phenoxy) is 1. The van der Waals surface area contributed by atoms with Crippen LogP contribution in [0.3, 0.4) is 0 Å². The van der Waals surface area contributed by atoms with Gasteiger partial charge in [-0.3, -0.25) is 4.79 Å². The Balaban J connectivity index is 1.14. The first-order chi connectivity index (χ1) is 18.6. The van der Waals surface area contributed by atoms with E-state index in [0.717, 1.165) is 48.2 Å². The van der Waals surface area contributed by atoms with Crippen LogP contribution in [0.15, 0.2) is 78.9 Å². The van der Waals surface area contributed by atoms with Crippen LogP contribution < -0.4 is 10.1 Å². The van der Waals surface area contributed by atoms with Crippen LogP contribution in [0.5, 0.6) is 5.75 Å². The fourth-order valence-electron chi connectivity index (χ4n) is 4.01. The van der Waals surface area contributed by atoms with Gasteiger partial charge in [-0.2, -0.15) is 0 Å². The zero-order chi connectivity index (χ0) is 26.6. The smallest absolute Gasteiger partial charge is 0.249 e. The van der Waals surface area contributed by atoms with Gasteiger partial charge in [0.15, 0.2) is 0 Å². The van der Waals surface area contributed by atoms with Gasteiger partial charge in [0, 0.05) is 5.56 Å². The number of rotatable bonds is 14. The number of halogens is 1. The van der Waals surface area contributed by atoms with Gasteiger partial charge in [0.05, 0.1) is 6.54 Å². The van der Waals surface area contributed by atoms with Crippen molar-refractivity contribution in [3.63, 3.8) is 0 Å². The van der Waals surface area contributed by atoms with Crippen LogP contribution in [0.1, 0.15) is 48.2 Å². The zero-order valence-electron chi connectivity index (χ0n) is 21.2. The van der Waals surface area contributed by atoms with Crippen molar-refractivity contribution < 1.29 is 19.0 Å². The Labute approximate surface area is 226 Å². The molecule has 0 bridgehead atoms. The van der Waals surface area contributed by atoms with E-state index < -0.39 is 6.10 Å². The number of nitrogens with zero attached hydrogens (tertiary/aromatic N) is 2. The summed E-state index contributed by atoms with van der Waals surface area (Å²) >= 11 is 1.38. The number of aryl methyl sites for hydroxylation is 1. The van der Waals surface area contributed by atoms with Crippen LogP contribution in [0.25, 0.3) is 10.6 Å². The van der Waals surface area contributed by atoms with E-state index >= 15 is 0 Å². The van der Waals surface area contributed by atoms with E-state index in [4.69, 9.17) is 4.74 Å². The number of aromatic nitrogens is 2. The highest BCUT2D eigenvalue weighted by Crippen LogP contribution is 2.26. The van der Waals surface area contributed by atoms with Gasteiger partial charge in [0.25, 0.3) is 0 Å². The lowest BCUT2D eigenvalue weighted by atomic mass is 10.0. The molecule has 1 aromatic heterocycles. The minimum atomic E-state index is -1.02. The van der Waals surface area contributed by atoms with Crippen LogP contribution >= 0.6 is 11.3 Å². The average Bonchev–Trinajstić information content (AvgIpc) is 3.42. The number of benzene rings is 3. The monoisotopic (exact) mass is 533 g/mol. The third-order valence-corrected chi connectivity index (χ3v) is 7.09. The van der Waals surface area contributed by atoms with E-state index in [2.05, 4.69) is 39.8 Å². The van der Waals surface area contributed by atoms with Crippen LogP contribution in [-0.4, -0.2) is 27.3 Å². The normalized spacial score (nSPS) is 11.7. The third-order valence-electron chi connectivity index (χ3n) is 6.11. The van der Waals surface area contributed by atoms with Gasteiger partial charge in [0.1, 0.15) is 34.3 Å². The van der Waals surface area contributed by atoms with Crippen LogP contribution in [0.4, 0.5) is 4.39 Å². The van der Waals surface area contributed by atoms with Gasteiger partial charge in [0.2, 0.25) is 5.91 Å². The van der Waals surface area contributed by atoms with E-state index in [1.807, 2.05) is 36.4 Å². The van der Waals surface area contributed by atoms with Crippen molar-refractivity contribution in [1.82, 2.24) is 15.5 Å². The lowest BCUT2D eigenvalue weighted by Crippen LogP contribution is -2.34. The molecule has 0 aliphatic rings. The van der Waals surface area contributed by atoms with E-state index in [9.17, 15) is 14.3 Å². The number of hydrogen-bond donors (Lipinski definition) is 2. The number of amides is 1. The molecule has 38 heavy (non-hydrogen) atoms. The molecule has 198 valence electrons. The topological polar surface area (TPSA) is 84.3 Å². The number of aliphatic hydroxyl groups is 1. The van der Waals surface area contributed by atoms with Crippen molar-refractivity contribution in [2.24, 2.45) is 0 Å². The summed E-state index contributed by atoms with van der Waals surface area (Å²) in [5, 5.41) is 22.7. The lowest BCUT2D eigenvalue weighted by Gasteiger charge is -2.10. The fraction of sp³-hybridized carbons (Fsp3) is 0.300. The van der Waals surface area contributed by atoms with Gasteiger partial charge < -0.3 is 15.2 Å². The molecule has 0 aliphatic carbocycles. The van der Waals surface area contributed by atoms with E-state index in [0.29, 0.717) is 17.2 Å². The standard InChI is InChI=1S/C30H32FN3O3S/c31-25-13-8-12-23(19-25)21-37-26-17-15-24(16-18-26)30-34-33-28(38-30)20-32-29(36)27(35)14-7-2-1-4-9-22-10-5-3-6-11-22/h3,5-6,8,10-13,15-19,27,35H,1-2,4,7,9,14,20-21H2,(H,32,36). The van der Waals surface area contributed by atoms with Crippen LogP contribution in [0.2, 0.25) is 0 Å². The molecule has 0 aliphatic heterocycles. The minimum absolute atomic E-state index is 0.222. The second kappa shape index (κ2) is 14.4. The first-order valence-electron chi connectivity index (χ1n) is 12.9. The molecule has 6 nitrogen and oxygen atoms in total. The van der Waals surface area contributed by atoms with E-state index in [-0.39, 0.29) is 24.9 Å². The Morgan fingerprint density at radius 3 is 2.47 bits per heavy atom. The first-order valence-corrected chi connectivity index (χ1v) is 13.7. The number of unbranched alkanes of at least 4 members (excludes halogenated alkanes) is 3. The highest BCUT2D eigenvalue weighted by Gasteiger charge is 2.15. The van der Waals surface area contributed by atoms with Crippen LogP contribution in [0, 0.1) is 5.82 Å². The Hall–Kier alpha value is -3.62. The molecular formula is C30H32FN3O3S. The lowest BCUT2D eigenvalue weighted by molar-refractivity contribution is -0.129. The predicted octanol–water partition coefficient (Wildman–Crippen LogP) is 6.09. The molecule has 3 aromatic carbocycles. The molecule has 0 fully saturated rings. The van der Waals surface area contributed by atoms with Crippen molar-refractivity contribution in [2.75, 3.05) is 0 Å². The molecule has 0 saturated carbocycles. The predicted molar refractivity (Wildman–Crippen MR) is 147 cm³/mol. The molecular weight excluding hydrogens is 501 g/mol. The summed E-state index contributed by atoms with van der Waals surface area (Å²) in [6.07, 6.45) is 4.48. The van der Waals surface area contributed by atoms with Gasteiger partial charge >= 0.3 is 0 Å². The summed E-state index contributed by atoms with van der Waals surface area (Å²) in [6, 6.07) is 24.1. The summed E-state index contributed by atoms with van der Waals surface area (Å²) in [6.45, 7) is 0.499. The molecule has 1 amide bonds. The number of carbonyl (C=O) groups excluding carboxylic acids is 1. The van der Waals surface area contributed by atoms with Crippen molar-refractivity contribution in [3.05, 3.63) is 101 Å². The Bertz CT molecular complexity index is 1280. The highest BCUT2D eigenvalue weighted by atomic mass is 32.1. The molecule has 0 radical (unpaired) electrons. The summed E-state index contributed by atoms with van der Waals surface area (Å²) in [5.41, 5.74) is 2.98. The average molecular weight is 534 g/mol. The highest BCUT2D eigenvalue weighted by molar-refractivity contribution is 7.14. The molecule has 2 N–H and O–H groups in total. The quantitative estimate of drug-likeness (QED) is 0.192. The largest absolute Gasteiger partial charge is 0.489 e. The van der Waals surface area contributed by atoms with Crippen molar-refractivity contribution in [3.8, 4) is 16.3 Å². The molecule has 1 heterocycles. The molecule has 1 unspecified atom stereocenters. The number of carbonyl (C=O) groups is 1. The number of hydrogen-bond acceptors (Lipinski definition) is 6. The van der Waals surface area contributed by atoms with Crippen molar-refractivity contribution in [2.45, 2.75) is 57.8 Å². The molecule has 0 saturated heterocycles. The zero-order valence-corrected chi connectivity index (χ0v) is 22.0. The Morgan fingerprint density at radius 1 is 0.921 bits per heavy atom. The van der Waals surface area contributed by atoms with Crippen molar-refractivity contribution >= 4 is 17.2 Å². The molecule has 4 rings (SSSR count). The Kier molecular flexibility index (Phi) is 10.4. The van der Waals surface area contributed by atoms with Crippen LogP contribution in [-0.2, 0) is 24.4 Å². The maximum atomic E-state index is 13.3. The van der Waals surface area contributed by atoms with Gasteiger partial charge in [-0.15, -0.1) is 10.2 Å². The summed E-state index contributed by atoms with van der Waals surface area (Å²) in [7, 11) is 0. The summed E-state index contributed by atoms with van der Waals surface area (Å²) in [5.74, 6) is -0.00425. The maximum Gasteiger partial charge on any atom is 0.249 e. The Morgan fingerprint density at radius 2 is 1.68 bits per heavy atom. The van der Waals surface area contributed by atoms with E-state index in [1.54, 1.807) is 6.07 Å². The van der Waals surface area contributed by atoms with Gasteiger partial charge in [-0.05, 0) is 66.8 Å². The molecule has 4 aromatic rings. The van der Waals surface area contributed by atoms with Crippen molar-refractivity contribution in [1.29, 1.82) is 0 Å². The number of nitrogens with one attached hydrogen (secondary N) is 1. The molecule has 8 heteroatoms. The molecule has 1 atom stereocenters. The fourth-order valence-corrected chi connectivity index (χ4v) is 4.79. The summed E-state index contributed by atoms with van der Waals surface area (Å²) < 4.78 is 19.0. The SMILES string of the molecule is O=C(NCc1nnc(-c2ccc(OCc3cccc(F)c3)cc2)s1)C(O)CCCCCCc1ccccc1. The second-order valence-electron chi connectivity index (χ2n) is 9.12. The molecule has 0 spiro atoms. The minimum Gasteiger partial charge on any atom is -0.489 e.